The van der Waals surface area contributed by atoms with Crippen molar-refractivity contribution < 1.29 is 18.3 Å². The van der Waals surface area contributed by atoms with Crippen LogP contribution in [0, 0.1) is 11.3 Å². The summed E-state index contributed by atoms with van der Waals surface area (Å²) in [6.45, 7) is 0.840. The quantitative estimate of drug-likeness (QED) is 0.664. The van der Waals surface area contributed by atoms with Gasteiger partial charge < -0.3 is 9.64 Å². The fourth-order valence-corrected chi connectivity index (χ4v) is 2.96. The van der Waals surface area contributed by atoms with Gasteiger partial charge in [0, 0.05) is 29.9 Å². The van der Waals surface area contributed by atoms with Gasteiger partial charge in [-0.05, 0) is 5.34 Å². The van der Waals surface area contributed by atoms with Crippen molar-refractivity contribution in [1.82, 2.24) is 9.88 Å². The van der Waals surface area contributed by atoms with E-state index in [9.17, 15) is 13.6 Å². The topological polar surface area (TPSA) is 66.2 Å². The Bertz CT molecular complexity index is 772. The predicted octanol–water partition coefficient (Wildman–Crippen LogP) is -0.351. The Morgan fingerprint density at radius 2 is 2.12 bits per heavy atom. The van der Waals surface area contributed by atoms with Crippen LogP contribution in [-0.2, 0) is 11.3 Å². The third kappa shape index (κ3) is 2.01. The number of nitrogens with zero attached hydrogens (tertiary/aromatic N) is 3. The molecule has 11 heteroatoms. The fraction of sp³-hybridized carbons (Fsp3) is 0.462. The van der Waals surface area contributed by atoms with Gasteiger partial charge in [0.2, 0.25) is 12.3 Å². The molecule has 3 heterocycles. The zero-order valence-corrected chi connectivity index (χ0v) is 12.7. The molecule has 2 atom stereocenters. The van der Waals surface area contributed by atoms with Crippen molar-refractivity contribution in [1.29, 1.82) is 5.26 Å². The number of carbonyl (C=O) groups excluding carboxylic acids is 1. The number of ether oxygens (including phenoxy) is 1. The number of hydrogen-bond donors (Lipinski definition) is 0. The lowest BCUT2D eigenvalue weighted by atomic mass is 9.29. The van der Waals surface area contributed by atoms with Gasteiger partial charge in [0.25, 0.3) is 0 Å². The van der Waals surface area contributed by atoms with E-state index in [1.54, 1.807) is 0 Å². The highest BCUT2D eigenvalue weighted by atomic mass is 19.3. The maximum absolute atomic E-state index is 13.4. The van der Waals surface area contributed by atoms with Gasteiger partial charge in [-0.3, -0.25) is 9.78 Å². The molecule has 1 aromatic rings. The molecule has 0 aliphatic carbocycles. The summed E-state index contributed by atoms with van der Waals surface area (Å²) in [6, 6.07) is 1.87. The smallest absolute Gasteiger partial charge is 0.245 e. The first-order valence-electron chi connectivity index (χ1n) is 6.97. The summed E-state index contributed by atoms with van der Waals surface area (Å²) < 4.78 is 32.4. The summed E-state index contributed by atoms with van der Waals surface area (Å²) in [4.78, 5) is 17.4. The molecule has 1 amide bonds. The van der Waals surface area contributed by atoms with Crippen LogP contribution < -0.4 is 4.74 Å². The third-order valence-corrected chi connectivity index (χ3v) is 4.44. The van der Waals surface area contributed by atoms with Crippen molar-refractivity contribution in [3.63, 3.8) is 0 Å². The van der Waals surface area contributed by atoms with Gasteiger partial charge in [0.05, 0.1) is 13.2 Å². The van der Waals surface area contributed by atoms with Gasteiger partial charge in [-0.25, -0.2) is 8.78 Å². The summed E-state index contributed by atoms with van der Waals surface area (Å²) >= 11 is 0. The van der Waals surface area contributed by atoms with E-state index in [2.05, 4.69) is 4.98 Å². The van der Waals surface area contributed by atoms with E-state index in [4.69, 9.17) is 33.5 Å². The maximum Gasteiger partial charge on any atom is 0.245 e. The molecule has 24 heavy (non-hydrogen) atoms. The number of nitriles is 1. The molecular weight excluding hydrogens is 311 g/mol. The standard InChI is InChI=1S/C13H8B4F2N3O2/c1-11(9(18)19)10(23)22-5-7-4-21-3-6(2-20)8(7)24-12(14,15)13(22,16)17-11/h3-4,9H,5H2,1H3. The molecule has 0 aromatic carbocycles. The maximum atomic E-state index is 13.4. The first-order chi connectivity index (χ1) is 11.1. The lowest BCUT2D eigenvalue weighted by Gasteiger charge is -2.47. The minimum atomic E-state index is -3.00. The Morgan fingerprint density at radius 1 is 1.46 bits per heavy atom. The molecule has 5 nitrogen and oxygen atoms in total. The van der Waals surface area contributed by atoms with Crippen LogP contribution in [0.1, 0.15) is 18.1 Å². The Hall–Kier alpha value is -1.97. The fourth-order valence-electron chi connectivity index (χ4n) is 2.96. The number of pyridine rings is 1. The molecule has 1 aromatic heterocycles. The van der Waals surface area contributed by atoms with Crippen molar-refractivity contribution in [2.75, 3.05) is 0 Å². The second-order valence-corrected chi connectivity index (χ2v) is 6.13. The van der Waals surface area contributed by atoms with E-state index in [1.807, 2.05) is 6.07 Å². The average Bonchev–Trinajstić information content (AvgIpc) is 2.66. The molecule has 113 valence electrons. The number of hydrogen-bond acceptors (Lipinski definition) is 4. The number of fused-ring (bicyclic) bond motifs is 2. The average molecular weight is 319 g/mol. The lowest BCUT2D eigenvalue weighted by Crippen LogP contribution is -2.68. The van der Waals surface area contributed by atoms with Crippen LogP contribution >= 0.6 is 0 Å². The zero-order valence-electron chi connectivity index (χ0n) is 12.7. The normalized spacial score (nSPS) is 30.6. The SMILES string of the molecule is [B]C1([B])Oc2c(C#N)cncc2CN2C(=O)C(C)(C(F)F)[B]C21[B]. The molecule has 2 unspecified atom stereocenters. The van der Waals surface area contributed by atoms with Gasteiger partial charge in [0.1, 0.15) is 33.1 Å². The largest absolute Gasteiger partial charge is 0.504 e. The Balaban J connectivity index is 2.19. The van der Waals surface area contributed by atoms with E-state index in [0.717, 1.165) is 19.1 Å². The Morgan fingerprint density at radius 3 is 2.71 bits per heavy atom. The van der Waals surface area contributed by atoms with Crippen molar-refractivity contribution >= 4 is 36.7 Å². The molecule has 1 fully saturated rings. The first kappa shape index (κ1) is 16.9. The van der Waals surface area contributed by atoms with Gasteiger partial charge >= 0.3 is 0 Å². The van der Waals surface area contributed by atoms with Crippen LogP contribution in [0.4, 0.5) is 8.78 Å². The van der Waals surface area contributed by atoms with Crippen LogP contribution in [0.15, 0.2) is 12.4 Å². The van der Waals surface area contributed by atoms with Gasteiger partial charge in [0.15, 0.2) is 7.28 Å². The molecule has 2 aliphatic rings. The van der Waals surface area contributed by atoms with Crippen LogP contribution in [0.25, 0.3) is 0 Å². The highest BCUT2D eigenvalue weighted by Crippen LogP contribution is 2.50. The number of alkyl halides is 2. The predicted molar refractivity (Wildman–Crippen MR) is 83.0 cm³/mol. The second-order valence-electron chi connectivity index (χ2n) is 6.13. The summed E-state index contributed by atoms with van der Waals surface area (Å²) in [5.74, 6) is -0.907. The van der Waals surface area contributed by atoms with E-state index < -0.39 is 28.4 Å². The number of halogens is 2. The third-order valence-electron chi connectivity index (χ3n) is 4.44. The first-order valence-corrected chi connectivity index (χ1v) is 6.97. The van der Waals surface area contributed by atoms with Gasteiger partial charge in [-0.15, -0.1) is 0 Å². The van der Waals surface area contributed by atoms with Crippen LogP contribution in [-0.4, -0.2) is 63.8 Å². The number of aromatic nitrogens is 1. The summed E-state index contributed by atoms with van der Waals surface area (Å²) in [5.41, 5.74) is 0.337. The summed E-state index contributed by atoms with van der Waals surface area (Å²) in [7, 11) is 19.0. The highest BCUT2D eigenvalue weighted by molar-refractivity contribution is 6.69. The minimum Gasteiger partial charge on any atom is -0.504 e. The van der Waals surface area contributed by atoms with E-state index in [1.165, 1.54) is 12.4 Å². The monoisotopic (exact) mass is 320 g/mol. The highest BCUT2D eigenvalue weighted by Gasteiger charge is 2.64. The van der Waals surface area contributed by atoms with Gasteiger partial charge in [-0.1, -0.05) is 6.92 Å². The van der Waals surface area contributed by atoms with Crippen molar-refractivity contribution in [2.24, 2.45) is 0 Å². The van der Waals surface area contributed by atoms with Crippen LogP contribution in [0.3, 0.4) is 0 Å². The second kappa shape index (κ2) is 5.01. The molecule has 3 rings (SSSR count). The molecule has 0 spiro atoms. The Labute approximate surface area is 142 Å². The summed E-state index contributed by atoms with van der Waals surface area (Å²) in [5, 5.41) is 2.78. The lowest BCUT2D eigenvalue weighted by molar-refractivity contribution is -0.138. The molecule has 2 aliphatic heterocycles. The minimum absolute atomic E-state index is 0.0247. The number of amides is 1. The number of carbonyl (C=O) groups is 1. The number of rotatable bonds is 1. The van der Waals surface area contributed by atoms with Gasteiger partial charge in [-0.2, -0.15) is 5.26 Å². The van der Waals surface area contributed by atoms with E-state index >= 15 is 0 Å². The van der Waals surface area contributed by atoms with Crippen LogP contribution in [0.5, 0.6) is 5.75 Å². The zero-order chi connectivity index (χ0) is 17.9. The van der Waals surface area contributed by atoms with Crippen LogP contribution in [0.2, 0.25) is 5.31 Å². The molecule has 7 radical (unpaired) electrons. The van der Waals surface area contributed by atoms with Crippen molar-refractivity contribution in [3.8, 4) is 11.8 Å². The van der Waals surface area contributed by atoms with Crippen molar-refractivity contribution in [3.05, 3.63) is 23.5 Å². The molecule has 1 saturated heterocycles. The molecular formula is C13H8B4F2N3O2. The summed E-state index contributed by atoms with van der Waals surface area (Å²) in [6.07, 6.45) is -0.427. The molecule has 0 N–H and O–H groups in total. The Kier molecular flexibility index (Phi) is 3.52. The van der Waals surface area contributed by atoms with E-state index in [0.29, 0.717) is 5.56 Å². The molecule has 0 bridgehead atoms. The van der Waals surface area contributed by atoms with E-state index in [-0.39, 0.29) is 17.9 Å². The molecule has 0 saturated carbocycles. The van der Waals surface area contributed by atoms with Crippen molar-refractivity contribution in [2.45, 2.75) is 35.9 Å².